The zero-order chi connectivity index (χ0) is 16.1. The zero-order valence-corrected chi connectivity index (χ0v) is 12.4. The molecule has 3 aromatic rings. The van der Waals surface area contributed by atoms with Gasteiger partial charge in [0.25, 0.3) is 11.6 Å². The van der Waals surface area contributed by atoms with E-state index in [0.717, 1.165) is 16.6 Å². The summed E-state index contributed by atoms with van der Waals surface area (Å²) in [6.07, 6.45) is 1.96. The molecule has 0 spiro atoms. The summed E-state index contributed by atoms with van der Waals surface area (Å²) < 4.78 is 2.00. The van der Waals surface area contributed by atoms with E-state index in [4.69, 9.17) is 0 Å². The van der Waals surface area contributed by atoms with E-state index in [-0.39, 0.29) is 17.2 Å². The topological polar surface area (TPSA) is 68.4 Å². The predicted octanol–water partition coefficient (Wildman–Crippen LogP) is 3.25. The van der Waals surface area contributed by atoms with Crippen molar-refractivity contribution in [3.05, 3.63) is 69.9 Å². The van der Waals surface area contributed by atoms with Crippen LogP contribution in [0.2, 0.25) is 0 Å². The molecule has 0 aliphatic carbocycles. The van der Waals surface area contributed by atoms with E-state index in [1.165, 1.54) is 6.07 Å². The lowest BCUT2D eigenvalue weighted by Crippen LogP contribution is -2.23. The monoisotopic (exact) mass is 307 g/mol. The third kappa shape index (κ3) is 1.92. The number of aromatic nitrogens is 1. The summed E-state index contributed by atoms with van der Waals surface area (Å²) in [6, 6.07) is 12.5. The van der Waals surface area contributed by atoms with Gasteiger partial charge in [-0.05, 0) is 29.8 Å². The minimum atomic E-state index is -0.499. The third-order valence-electron chi connectivity index (χ3n) is 4.29. The van der Waals surface area contributed by atoms with Crippen LogP contribution in [0.15, 0.2) is 48.7 Å². The molecular weight excluding hydrogens is 294 g/mol. The number of anilines is 1. The van der Waals surface area contributed by atoms with E-state index < -0.39 is 4.92 Å². The highest BCUT2D eigenvalue weighted by Gasteiger charge is 2.35. The Morgan fingerprint density at radius 2 is 2.00 bits per heavy atom. The van der Waals surface area contributed by atoms with Crippen molar-refractivity contribution >= 4 is 28.2 Å². The fourth-order valence-corrected chi connectivity index (χ4v) is 3.14. The molecule has 4 rings (SSSR count). The minimum Gasteiger partial charge on any atom is -0.351 e. The van der Waals surface area contributed by atoms with Crippen molar-refractivity contribution < 1.29 is 9.72 Å². The minimum absolute atomic E-state index is 0.129. The van der Waals surface area contributed by atoms with Crippen LogP contribution in [0.4, 0.5) is 11.4 Å². The fraction of sp³-hybridized carbons (Fsp3) is 0.118. The van der Waals surface area contributed by atoms with Gasteiger partial charge in [0, 0.05) is 35.9 Å². The predicted molar refractivity (Wildman–Crippen MR) is 86.5 cm³/mol. The number of benzene rings is 2. The molecule has 114 valence electrons. The van der Waals surface area contributed by atoms with Gasteiger partial charge < -0.3 is 9.47 Å². The van der Waals surface area contributed by atoms with Crippen molar-refractivity contribution in [2.45, 2.75) is 6.54 Å². The van der Waals surface area contributed by atoms with Crippen LogP contribution >= 0.6 is 0 Å². The Kier molecular flexibility index (Phi) is 2.74. The molecule has 0 saturated heterocycles. The number of carbonyl (C=O) groups excluding carboxylic acids is 1. The standard InChI is InChI=1S/C17H13N3O3/c1-18-8-7-11-9-13(5-6-14(11)18)19-10-12-3-2-4-15(20(22)23)16(12)17(19)21/h2-9H,10H2,1H3. The summed E-state index contributed by atoms with van der Waals surface area (Å²) in [5, 5.41) is 12.2. The molecule has 1 aromatic heterocycles. The zero-order valence-electron chi connectivity index (χ0n) is 12.4. The molecule has 0 atom stereocenters. The molecule has 2 heterocycles. The van der Waals surface area contributed by atoms with Crippen LogP contribution in [0, 0.1) is 10.1 Å². The highest BCUT2D eigenvalue weighted by molar-refractivity contribution is 6.13. The second-order valence-electron chi connectivity index (χ2n) is 5.63. The van der Waals surface area contributed by atoms with Gasteiger partial charge in [0.1, 0.15) is 5.56 Å². The van der Waals surface area contributed by atoms with E-state index in [0.29, 0.717) is 12.1 Å². The first-order valence-corrected chi connectivity index (χ1v) is 7.19. The first-order chi connectivity index (χ1) is 11.1. The van der Waals surface area contributed by atoms with Crippen molar-refractivity contribution in [2.75, 3.05) is 4.90 Å². The van der Waals surface area contributed by atoms with Crippen LogP contribution in [0.1, 0.15) is 15.9 Å². The molecule has 1 aliphatic heterocycles. The molecule has 23 heavy (non-hydrogen) atoms. The first kappa shape index (κ1) is 13.5. The van der Waals surface area contributed by atoms with Crippen LogP contribution < -0.4 is 4.90 Å². The fourth-order valence-electron chi connectivity index (χ4n) is 3.14. The van der Waals surface area contributed by atoms with Crippen molar-refractivity contribution in [1.82, 2.24) is 4.57 Å². The van der Waals surface area contributed by atoms with Crippen molar-refractivity contribution in [3.8, 4) is 0 Å². The van der Waals surface area contributed by atoms with Gasteiger partial charge in [-0.3, -0.25) is 14.9 Å². The van der Waals surface area contributed by atoms with Crippen molar-refractivity contribution in [2.24, 2.45) is 7.05 Å². The number of fused-ring (bicyclic) bond motifs is 2. The summed E-state index contributed by atoms with van der Waals surface area (Å²) in [7, 11) is 1.96. The van der Waals surface area contributed by atoms with Gasteiger partial charge in [-0.2, -0.15) is 0 Å². The number of hydrogen-bond donors (Lipinski definition) is 0. The molecule has 6 heteroatoms. The number of rotatable bonds is 2. The number of amides is 1. The number of aryl methyl sites for hydroxylation is 1. The maximum atomic E-state index is 12.7. The Morgan fingerprint density at radius 1 is 1.17 bits per heavy atom. The number of nitro groups is 1. The number of nitrogens with zero attached hydrogens (tertiary/aromatic N) is 3. The molecule has 1 amide bonds. The average molecular weight is 307 g/mol. The van der Waals surface area contributed by atoms with E-state index in [9.17, 15) is 14.9 Å². The molecule has 0 fully saturated rings. The van der Waals surface area contributed by atoms with Gasteiger partial charge in [0.15, 0.2) is 0 Å². The van der Waals surface area contributed by atoms with Crippen molar-refractivity contribution in [3.63, 3.8) is 0 Å². The first-order valence-electron chi connectivity index (χ1n) is 7.19. The van der Waals surface area contributed by atoms with E-state index in [2.05, 4.69) is 0 Å². The van der Waals surface area contributed by atoms with Gasteiger partial charge in [0.2, 0.25) is 0 Å². The smallest absolute Gasteiger partial charge is 0.282 e. The molecule has 0 unspecified atom stereocenters. The molecule has 0 bridgehead atoms. The van der Waals surface area contributed by atoms with Gasteiger partial charge in [-0.15, -0.1) is 0 Å². The SMILES string of the molecule is Cn1ccc2cc(N3Cc4cccc([N+](=O)[O-])c4C3=O)ccc21. The second kappa shape index (κ2) is 4.67. The maximum absolute atomic E-state index is 12.7. The summed E-state index contributed by atoms with van der Waals surface area (Å²) in [6.45, 7) is 0.355. The van der Waals surface area contributed by atoms with Gasteiger partial charge in [-0.1, -0.05) is 12.1 Å². The lowest BCUT2D eigenvalue weighted by molar-refractivity contribution is -0.385. The summed E-state index contributed by atoms with van der Waals surface area (Å²) in [5.74, 6) is -0.317. The normalized spacial score (nSPS) is 13.6. The largest absolute Gasteiger partial charge is 0.351 e. The van der Waals surface area contributed by atoms with E-state index in [1.54, 1.807) is 17.0 Å². The average Bonchev–Trinajstić information content (AvgIpc) is 3.08. The van der Waals surface area contributed by atoms with Gasteiger partial charge >= 0.3 is 0 Å². The Bertz CT molecular complexity index is 974. The van der Waals surface area contributed by atoms with E-state index in [1.807, 2.05) is 42.1 Å². The molecule has 6 nitrogen and oxygen atoms in total. The molecule has 0 N–H and O–H groups in total. The molecule has 1 aliphatic rings. The molecule has 0 radical (unpaired) electrons. The summed E-state index contributed by atoms with van der Waals surface area (Å²) in [4.78, 5) is 24.9. The molecule has 2 aromatic carbocycles. The quantitative estimate of drug-likeness (QED) is 0.539. The molecule has 0 saturated carbocycles. The van der Waals surface area contributed by atoms with Crippen LogP contribution in [-0.2, 0) is 13.6 Å². The summed E-state index contributed by atoms with van der Waals surface area (Å²) >= 11 is 0. The maximum Gasteiger partial charge on any atom is 0.282 e. The Morgan fingerprint density at radius 3 is 2.78 bits per heavy atom. The lowest BCUT2D eigenvalue weighted by Gasteiger charge is -2.15. The highest BCUT2D eigenvalue weighted by atomic mass is 16.6. The second-order valence-corrected chi connectivity index (χ2v) is 5.63. The van der Waals surface area contributed by atoms with Crippen LogP contribution in [0.25, 0.3) is 10.9 Å². The summed E-state index contributed by atoms with van der Waals surface area (Å²) in [5.41, 5.74) is 2.59. The number of hydrogen-bond acceptors (Lipinski definition) is 3. The lowest BCUT2D eigenvalue weighted by atomic mass is 10.1. The highest BCUT2D eigenvalue weighted by Crippen LogP contribution is 2.34. The molecular formula is C17H13N3O3. The third-order valence-corrected chi connectivity index (χ3v) is 4.29. The Hall–Kier alpha value is -3.15. The van der Waals surface area contributed by atoms with Crippen LogP contribution in [-0.4, -0.2) is 15.4 Å². The van der Waals surface area contributed by atoms with Crippen molar-refractivity contribution in [1.29, 1.82) is 0 Å². The van der Waals surface area contributed by atoms with Gasteiger partial charge in [0.05, 0.1) is 11.5 Å². The Balaban J connectivity index is 1.80. The van der Waals surface area contributed by atoms with E-state index >= 15 is 0 Å². The Labute approximate surface area is 131 Å². The number of nitro benzene ring substituents is 1. The van der Waals surface area contributed by atoms with Crippen LogP contribution in [0.3, 0.4) is 0 Å². The van der Waals surface area contributed by atoms with Gasteiger partial charge in [-0.25, -0.2) is 0 Å². The van der Waals surface area contributed by atoms with Crippen LogP contribution in [0.5, 0.6) is 0 Å². The number of carbonyl (C=O) groups is 1.